The molecule has 0 bridgehead atoms. The minimum Gasteiger partial charge on any atom is -0.309 e. The van der Waals surface area contributed by atoms with Crippen molar-refractivity contribution < 1.29 is 4.39 Å². The van der Waals surface area contributed by atoms with E-state index in [2.05, 4.69) is 43.6 Å². The van der Waals surface area contributed by atoms with Crippen LogP contribution in [0.5, 0.6) is 0 Å². The molecule has 0 radical (unpaired) electrons. The lowest BCUT2D eigenvalue weighted by Crippen LogP contribution is -2.34. The van der Waals surface area contributed by atoms with Crippen molar-refractivity contribution in [3.05, 3.63) is 58.0 Å². The van der Waals surface area contributed by atoms with Gasteiger partial charge in [-0.05, 0) is 23.9 Å². The smallest absolute Gasteiger partial charge is 0.127 e. The molecule has 3 heteroatoms. The van der Waals surface area contributed by atoms with E-state index in [1.54, 1.807) is 17.4 Å². The fourth-order valence-electron chi connectivity index (χ4n) is 2.36. The van der Waals surface area contributed by atoms with Crippen LogP contribution in [0.25, 0.3) is 0 Å². The molecule has 0 amide bonds. The van der Waals surface area contributed by atoms with Crippen LogP contribution in [0.2, 0.25) is 0 Å². The zero-order valence-electron chi connectivity index (χ0n) is 12.3. The Balaban J connectivity index is 2.07. The molecule has 2 aromatic rings. The van der Waals surface area contributed by atoms with Crippen LogP contribution in [0.4, 0.5) is 4.39 Å². The highest BCUT2D eigenvalue weighted by Crippen LogP contribution is 2.28. The van der Waals surface area contributed by atoms with Gasteiger partial charge < -0.3 is 5.32 Å². The summed E-state index contributed by atoms with van der Waals surface area (Å²) < 4.78 is 13.9. The van der Waals surface area contributed by atoms with Gasteiger partial charge in [-0.1, -0.05) is 45.0 Å². The fourth-order valence-corrected chi connectivity index (χ4v) is 3.21. The summed E-state index contributed by atoms with van der Waals surface area (Å²) in [6.07, 6.45) is 0.876. The Labute approximate surface area is 124 Å². The predicted octanol–water partition coefficient (Wildman–Crippen LogP) is 4.91. The summed E-state index contributed by atoms with van der Waals surface area (Å²) in [4.78, 5) is 1.35. The van der Waals surface area contributed by atoms with Gasteiger partial charge in [0.1, 0.15) is 5.82 Å². The minimum absolute atomic E-state index is 0.0623. The Morgan fingerprint density at radius 1 is 1.20 bits per heavy atom. The number of hydrogen-bond donors (Lipinski definition) is 1. The molecule has 1 unspecified atom stereocenters. The van der Waals surface area contributed by atoms with E-state index in [0.717, 1.165) is 18.5 Å². The van der Waals surface area contributed by atoms with Crippen LogP contribution < -0.4 is 5.32 Å². The van der Waals surface area contributed by atoms with Crippen molar-refractivity contribution >= 4 is 11.3 Å². The maximum Gasteiger partial charge on any atom is 0.127 e. The third-order valence-electron chi connectivity index (χ3n) is 3.67. The molecule has 1 aromatic carbocycles. The second-order valence-corrected chi connectivity index (χ2v) is 6.67. The molecule has 0 aliphatic heterocycles. The van der Waals surface area contributed by atoms with E-state index in [4.69, 9.17) is 0 Å². The summed E-state index contributed by atoms with van der Waals surface area (Å²) in [5.41, 5.74) is 0.823. The van der Waals surface area contributed by atoms with Crippen LogP contribution in [0.1, 0.15) is 43.7 Å². The molecular weight excluding hydrogens is 269 g/mol. The third kappa shape index (κ3) is 3.47. The highest BCUT2D eigenvalue weighted by molar-refractivity contribution is 7.10. The highest BCUT2D eigenvalue weighted by Gasteiger charge is 2.23. The van der Waals surface area contributed by atoms with Gasteiger partial charge in [0.25, 0.3) is 0 Å². The standard InChI is InChI=1S/C17H22FNS/c1-4-15(13-8-5-6-9-14(13)18)19-12-17(2,3)16-10-7-11-20-16/h5-11,15,19H,4,12H2,1-3H3. The summed E-state index contributed by atoms with van der Waals surface area (Å²) in [5.74, 6) is -0.124. The molecule has 0 aliphatic carbocycles. The number of thiophene rings is 1. The lowest BCUT2D eigenvalue weighted by Gasteiger charge is -2.27. The van der Waals surface area contributed by atoms with E-state index < -0.39 is 0 Å². The van der Waals surface area contributed by atoms with Gasteiger partial charge in [-0.15, -0.1) is 11.3 Å². The van der Waals surface area contributed by atoms with E-state index in [1.165, 1.54) is 10.9 Å². The summed E-state index contributed by atoms with van der Waals surface area (Å²) in [6.45, 7) is 7.36. The van der Waals surface area contributed by atoms with Gasteiger partial charge in [0.2, 0.25) is 0 Å². The van der Waals surface area contributed by atoms with Crippen LogP contribution in [-0.2, 0) is 5.41 Å². The van der Waals surface area contributed by atoms with Crippen LogP contribution in [-0.4, -0.2) is 6.54 Å². The van der Waals surface area contributed by atoms with Crippen molar-refractivity contribution in [2.75, 3.05) is 6.54 Å². The van der Waals surface area contributed by atoms with Crippen molar-refractivity contribution in [3.63, 3.8) is 0 Å². The van der Waals surface area contributed by atoms with Gasteiger partial charge in [0.15, 0.2) is 0 Å². The molecule has 1 nitrogen and oxygen atoms in total. The molecule has 1 heterocycles. The molecule has 0 aliphatic rings. The minimum atomic E-state index is -0.124. The number of hydrogen-bond acceptors (Lipinski definition) is 2. The van der Waals surface area contributed by atoms with Crippen LogP contribution >= 0.6 is 11.3 Å². The Kier molecular flexibility index (Phi) is 4.95. The largest absolute Gasteiger partial charge is 0.309 e. The van der Waals surface area contributed by atoms with Gasteiger partial charge >= 0.3 is 0 Å². The first-order chi connectivity index (χ1) is 9.54. The number of benzene rings is 1. The zero-order valence-corrected chi connectivity index (χ0v) is 13.1. The first-order valence-corrected chi connectivity index (χ1v) is 7.94. The number of halogens is 1. The van der Waals surface area contributed by atoms with Gasteiger partial charge in [-0.3, -0.25) is 0 Å². The quantitative estimate of drug-likeness (QED) is 0.797. The molecule has 1 atom stereocenters. The second-order valence-electron chi connectivity index (χ2n) is 5.72. The Hall–Kier alpha value is -1.19. The van der Waals surface area contributed by atoms with Crippen molar-refractivity contribution in [2.45, 2.75) is 38.6 Å². The molecule has 2 rings (SSSR count). The molecule has 0 saturated heterocycles. The average molecular weight is 291 g/mol. The Bertz CT molecular complexity index is 534. The lowest BCUT2D eigenvalue weighted by atomic mass is 9.90. The van der Waals surface area contributed by atoms with Gasteiger partial charge in [0, 0.05) is 28.4 Å². The molecule has 20 heavy (non-hydrogen) atoms. The maximum atomic E-state index is 13.9. The molecule has 0 fully saturated rings. The Morgan fingerprint density at radius 2 is 1.95 bits per heavy atom. The molecule has 0 saturated carbocycles. The molecule has 0 spiro atoms. The van der Waals surface area contributed by atoms with Crippen LogP contribution in [0, 0.1) is 5.82 Å². The van der Waals surface area contributed by atoms with Gasteiger partial charge in [-0.25, -0.2) is 4.39 Å². The second kappa shape index (κ2) is 6.51. The van der Waals surface area contributed by atoms with Gasteiger partial charge in [0.05, 0.1) is 0 Å². The monoisotopic (exact) mass is 291 g/mol. The van der Waals surface area contributed by atoms with E-state index in [0.29, 0.717) is 0 Å². The third-order valence-corrected chi connectivity index (χ3v) is 4.90. The summed E-state index contributed by atoms with van der Waals surface area (Å²) in [7, 11) is 0. The van der Waals surface area contributed by atoms with Crippen molar-refractivity contribution in [3.8, 4) is 0 Å². The molecule has 1 N–H and O–H groups in total. The first-order valence-electron chi connectivity index (χ1n) is 7.06. The first kappa shape index (κ1) is 15.2. The molecule has 1 aromatic heterocycles. The van der Waals surface area contributed by atoms with Crippen molar-refractivity contribution in [2.24, 2.45) is 0 Å². The zero-order chi connectivity index (χ0) is 14.6. The van der Waals surface area contributed by atoms with Gasteiger partial charge in [-0.2, -0.15) is 0 Å². The van der Waals surface area contributed by atoms with Crippen LogP contribution in [0.3, 0.4) is 0 Å². The summed E-state index contributed by atoms with van der Waals surface area (Å²) in [6, 6.07) is 11.3. The molecular formula is C17H22FNS. The SMILES string of the molecule is CCC(NCC(C)(C)c1cccs1)c1ccccc1F. The Morgan fingerprint density at radius 3 is 2.55 bits per heavy atom. The van der Waals surface area contributed by atoms with E-state index in [-0.39, 0.29) is 17.3 Å². The predicted molar refractivity (Wildman–Crippen MR) is 84.8 cm³/mol. The fraction of sp³-hybridized carbons (Fsp3) is 0.412. The number of rotatable bonds is 6. The molecule has 108 valence electrons. The normalized spacial score (nSPS) is 13.4. The van der Waals surface area contributed by atoms with E-state index in [1.807, 2.05) is 12.1 Å². The number of nitrogens with one attached hydrogen (secondary N) is 1. The van der Waals surface area contributed by atoms with Crippen molar-refractivity contribution in [1.29, 1.82) is 0 Å². The average Bonchev–Trinajstić information content (AvgIpc) is 2.96. The summed E-state index contributed by atoms with van der Waals surface area (Å²) in [5, 5.41) is 5.62. The topological polar surface area (TPSA) is 12.0 Å². The lowest BCUT2D eigenvalue weighted by molar-refractivity contribution is 0.412. The summed E-state index contributed by atoms with van der Waals surface area (Å²) >= 11 is 1.77. The maximum absolute atomic E-state index is 13.9. The van der Waals surface area contributed by atoms with Crippen LogP contribution in [0.15, 0.2) is 41.8 Å². The van der Waals surface area contributed by atoms with E-state index >= 15 is 0 Å². The van der Waals surface area contributed by atoms with Crippen molar-refractivity contribution in [1.82, 2.24) is 5.32 Å². The highest BCUT2D eigenvalue weighted by atomic mass is 32.1. The van der Waals surface area contributed by atoms with E-state index in [9.17, 15) is 4.39 Å².